The van der Waals surface area contributed by atoms with Crippen molar-refractivity contribution < 1.29 is 33.7 Å². The van der Waals surface area contributed by atoms with Crippen LogP contribution in [0.15, 0.2) is 49.6 Å². The molecule has 2 amide bonds. The smallest absolute Gasteiger partial charge is 0.312 e. The highest BCUT2D eigenvalue weighted by molar-refractivity contribution is 6.05. The van der Waals surface area contributed by atoms with Gasteiger partial charge in [-0.15, -0.1) is 13.2 Å². The Hall–Kier alpha value is -3.17. The molecule has 3 aliphatic rings. The number of methoxy groups -OCH3 is 1. The standard InChI is InChI=1S/C28H36N2O7/c1-6-8-16-36-26(34)22-21-24(32)30(18(3)17-31)23(28(21)14-13-27(22,4)37-28)25(33)29(15-7-2)19-9-11-20(35-5)12-10-19/h6-7,9-12,18,21-23,31H,1-2,8,13-17H2,3-5H3/t18-,21+,22+,23?,27-,28?/m1/s1. The molecule has 0 saturated carbocycles. The number of aliphatic hydroxyl groups excluding tert-OH is 1. The van der Waals surface area contributed by atoms with E-state index >= 15 is 0 Å². The van der Waals surface area contributed by atoms with E-state index < -0.39 is 41.1 Å². The van der Waals surface area contributed by atoms with E-state index in [0.29, 0.717) is 30.7 Å². The van der Waals surface area contributed by atoms with Gasteiger partial charge >= 0.3 is 5.97 Å². The summed E-state index contributed by atoms with van der Waals surface area (Å²) in [6, 6.07) is 5.35. The number of benzene rings is 1. The fourth-order valence-electron chi connectivity index (χ4n) is 6.26. The number of aliphatic hydroxyl groups is 1. The van der Waals surface area contributed by atoms with Gasteiger partial charge in [-0.3, -0.25) is 14.4 Å². The highest BCUT2D eigenvalue weighted by Gasteiger charge is 2.79. The molecule has 3 fully saturated rings. The van der Waals surface area contributed by atoms with Crippen LogP contribution in [0.2, 0.25) is 0 Å². The summed E-state index contributed by atoms with van der Waals surface area (Å²) >= 11 is 0. The van der Waals surface area contributed by atoms with Crippen LogP contribution in [0.25, 0.3) is 0 Å². The Balaban J connectivity index is 1.77. The highest BCUT2D eigenvalue weighted by atomic mass is 16.6. The Morgan fingerprint density at radius 1 is 1.27 bits per heavy atom. The lowest BCUT2D eigenvalue weighted by Gasteiger charge is -2.38. The molecule has 0 radical (unpaired) electrons. The average Bonchev–Trinajstić information content (AvgIpc) is 3.47. The highest BCUT2D eigenvalue weighted by Crippen LogP contribution is 2.63. The summed E-state index contributed by atoms with van der Waals surface area (Å²) in [5, 5.41) is 10.0. The predicted molar refractivity (Wildman–Crippen MR) is 137 cm³/mol. The molecule has 0 aliphatic carbocycles. The number of hydrogen-bond acceptors (Lipinski definition) is 7. The second kappa shape index (κ2) is 10.3. The Morgan fingerprint density at radius 3 is 2.57 bits per heavy atom. The van der Waals surface area contributed by atoms with Gasteiger partial charge in [-0.25, -0.2) is 0 Å². The van der Waals surface area contributed by atoms with Crippen molar-refractivity contribution >= 4 is 23.5 Å². The van der Waals surface area contributed by atoms with E-state index in [-0.39, 0.29) is 31.6 Å². The summed E-state index contributed by atoms with van der Waals surface area (Å²) in [4.78, 5) is 44.6. The second-order valence-electron chi connectivity index (χ2n) is 10.2. The summed E-state index contributed by atoms with van der Waals surface area (Å²) in [7, 11) is 1.56. The zero-order chi connectivity index (χ0) is 27.0. The third-order valence-electron chi connectivity index (χ3n) is 7.97. The minimum absolute atomic E-state index is 0.159. The Labute approximate surface area is 217 Å². The first-order valence-electron chi connectivity index (χ1n) is 12.7. The first kappa shape index (κ1) is 26.9. The number of anilines is 1. The number of amides is 2. The molecule has 3 saturated heterocycles. The normalized spacial score (nSPS) is 30.5. The molecule has 1 spiro atoms. The SMILES string of the molecule is C=CCCOC(=O)[C@@H]1[C@H]2C(=O)N([C@H](C)CO)C(C(=O)N(CC=C)c3ccc(OC)cc3)C23CC[C@@]1(C)O3. The van der Waals surface area contributed by atoms with Gasteiger partial charge in [0.2, 0.25) is 5.91 Å². The number of rotatable bonds is 11. The van der Waals surface area contributed by atoms with Crippen molar-refractivity contribution in [3.05, 3.63) is 49.6 Å². The van der Waals surface area contributed by atoms with Gasteiger partial charge in [0.1, 0.15) is 23.3 Å². The maximum Gasteiger partial charge on any atom is 0.312 e. The molecule has 9 heteroatoms. The molecule has 37 heavy (non-hydrogen) atoms. The molecule has 6 atom stereocenters. The van der Waals surface area contributed by atoms with Crippen LogP contribution in [0.1, 0.15) is 33.1 Å². The Kier molecular flexibility index (Phi) is 7.48. The van der Waals surface area contributed by atoms with Crippen LogP contribution < -0.4 is 9.64 Å². The van der Waals surface area contributed by atoms with E-state index in [2.05, 4.69) is 13.2 Å². The quantitative estimate of drug-likeness (QED) is 0.276. The van der Waals surface area contributed by atoms with Crippen LogP contribution in [0.3, 0.4) is 0 Å². The molecule has 2 unspecified atom stereocenters. The number of nitrogens with zero attached hydrogens (tertiary/aromatic N) is 2. The fourth-order valence-corrected chi connectivity index (χ4v) is 6.26. The maximum absolute atomic E-state index is 14.3. The van der Waals surface area contributed by atoms with Crippen molar-refractivity contribution in [3.8, 4) is 5.75 Å². The number of carbonyl (C=O) groups excluding carboxylic acids is 3. The van der Waals surface area contributed by atoms with Crippen molar-refractivity contribution in [2.24, 2.45) is 11.8 Å². The largest absolute Gasteiger partial charge is 0.497 e. The molecule has 4 rings (SSSR count). The topological polar surface area (TPSA) is 106 Å². The van der Waals surface area contributed by atoms with Crippen LogP contribution >= 0.6 is 0 Å². The van der Waals surface area contributed by atoms with Crippen LogP contribution in [-0.4, -0.2) is 77.9 Å². The molecule has 0 aromatic heterocycles. The summed E-state index contributed by atoms with van der Waals surface area (Å²) < 4.78 is 17.3. The van der Waals surface area contributed by atoms with E-state index in [0.717, 1.165) is 0 Å². The first-order chi connectivity index (χ1) is 17.7. The van der Waals surface area contributed by atoms with Crippen molar-refractivity contribution in [2.75, 3.05) is 31.8 Å². The van der Waals surface area contributed by atoms with Gasteiger partial charge < -0.3 is 29.1 Å². The van der Waals surface area contributed by atoms with E-state index in [1.807, 2.05) is 6.92 Å². The van der Waals surface area contributed by atoms with E-state index in [1.165, 1.54) is 4.90 Å². The van der Waals surface area contributed by atoms with Crippen LogP contribution in [0.4, 0.5) is 5.69 Å². The predicted octanol–water partition coefficient (Wildman–Crippen LogP) is 2.48. The Bertz CT molecular complexity index is 1070. The molecular formula is C28H36N2O7. The van der Waals surface area contributed by atoms with E-state index in [9.17, 15) is 19.5 Å². The molecular weight excluding hydrogens is 476 g/mol. The molecule has 3 heterocycles. The van der Waals surface area contributed by atoms with Gasteiger partial charge in [0.05, 0.1) is 37.9 Å². The van der Waals surface area contributed by atoms with Gasteiger partial charge in [-0.2, -0.15) is 0 Å². The summed E-state index contributed by atoms with van der Waals surface area (Å²) in [6.07, 6.45) is 4.70. The van der Waals surface area contributed by atoms with Gasteiger partial charge in [0, 0.05) is 12.2 Å². The van der Waals surface area contributed by atoms with E-state index in [4.69, 9.17) is 14.2 Å². The van der Waals surface area contributed by atoms with Crippen LogP contribution in [0.5, 0.6) is 5.75 Å². The maximum atomic E-state index is 14.3. The summed E-state index contributed by atoms with van der Waals surface area (Å²) in [5.41, 5.74) is -1.53. The Morgan fingerprint density at radius 2 is 1.97 bits per heavy atom. The fraction of sp³-hybridized carbons (Fsp3) is 0.536. The number of fused-ring (bicyclic) bond motifs is 1. The molecule has 9 nitrogen and oxygen atoms in total. The number of carbonyl (C=O) groups is 3. The van der Waals surface area contributed by atoms with Crippen molar-refractivity contribution in [1.29, 1.82) is 0 Å². The zero-order valence-electron chi connectivity index (χ0n) is 21.7. The molecule has 1 aromatic rings. The first-order valence-corrected chi connectivity index (χ1v) is 12.7. The monoisotopic (exact) mass is 512 g/mol. The van der Waals surface area contributed by atoms with Gasteiger partial charge in [-0.1, -0.05) is 12.2 Å². The minimum atomic E-state index is -1.21. The summed E-state index contributed by atoms with van der Waals surface area (Å²) in [6.45, 7) is 11.0. The summed E-state index contributed by atoms with van der Waals surface area (Å²) in [5.74, 6) is -2.32. The zero-order valence-corrected chi connectivity index (χ0v) is 21.7. The lowest BCUT2D eigenvalue weighted by molar-refractivity contribution is -0.160. The van der Waals surface area contributed by atoms with Gasteiger partial charge in [0.25, 0.3) is 5.91 Å². The number of likely N-dealkylation sites (tertiary alicyclic amines) is 1. The van der Waals surface area contributed by atoms with Crippen molar-refractivity contribution in [3.63, 3.8) is 0 Å². The molecule has 3 aliphatic heterocycles. The minimum Gasteiger partial charge on any atom is -0.497 e. The van der Waals surface area contributed by atoms with Gasteiger partial charge in [-0.05, 0) is 57.4 Å². The molecule has 200 valence electrons. The molecule has 1 aromatic carbocycles. The lowest BCUT2D eigenvalue weighted by Crippen LogP contribution is -2.58. The third-order valence-corrected chi connectivity index (χ3v) is 7.97. The van der Waals surface area contributed by atoms with Crippen molar-refractivity contribution in [2.45, 2.75) is 56.4 Å². The molecule has 2 bridgehead atoms. The van der Waals surface area contributed by atoms with Crippen LogP contribution in [0, 0.1) is 11.8 Å². The second-order valence-corrected chi connectivity index (χ2v) is 10.2. The lowest BCUT2D eigenvalue weighted by atomic mass is 9.66. The van der Waals surface area contributed by atoms with E-state index in [1.54, 1.807) is 55.4 Å². The number of ether oxygens (including phenoxy) is 3. The number of hydrogen-bond donors (Lipinski definition) is 1. The third kappa shape index (κ3) is 4.24. The van der Waals surface area contributed by atoms with Crippen molar-refractivity contribution in [1.82, 2.24) is 4.90 Å². The molecule has 1 N–H and O–H groups in total. The van der Waals surface area contributed by atoms with Gasteiger partial charge in [0.15, 0.2) is 0 Å². The average molecular weight is 513 g/mol. The number of esters is 1. The van der Waals surface area contributed by atoms with Crippen LogP contribution in [-0.2, 0) is 23.9 Å².